The minimum absolute atomic E-state index is 0. The van der Waals surface area contributed by atoms with Crippen LogP contribution < -0.4 is 24.0 Å². The third-order valence-electron chi connectivity index (χ3n) is 6.76. The van der Waals surface area contributed by atoms with E-state index in [2.05, 4.69) is 64.0 Å². The van der Waals surface area contributed by atoms with Gasteiger partial charge in [0.25, 0.3) is 0 Å². The number of halogens is 1. The summed E-state index contributed by atoms with van der Waals surface area (Å²) in [5, 5.41) is 0. The minimum Gasteiger partial charge on any atom is -1.00 e. The van der Waals surface area contributed by atoms with Gasteiger partial charge in [0.2, 0.25) is 0 Å². The maximum absolute atomic E-state index is 3.37. The number of quaternary nitrogens is 1. The molecule has 0 bridgehead atoms. The summed E-state index contributed by atoms with van der Waals surface area (Å²) in [6.45, 7) is 5.89. The highest BCUT2D eigenvalue weighted by Crippen LogP contribution is 2.36. The average molecular weight is 510 g/mol. The first-order chi connectivity index (χ1) is 13.6. The van der Waals surface area contributed by atoms with E-state index in [1.165, 1.54) is 92.8 Å². The van der Waals surface area contributed by atoms with Crippen molar-refractivity contribution >= 4 is 0 Å². The van der Waals surface area contributed by atoms with E-state index in [4.69, 9.17) is 0 Å². The number of hydrogen-bond acceptors (Lipinski definition) is 0. The smallest absolute Gasteiger partial charge is 0.0886 e. The van der Waals surface area contributed by atoms with Crippen LogP contribution in [0, 0.1) is 11.8 Å². The van der Waals surface area contributed by atoms with Crippen LogP contribution in [0.4, 0.5) is 0 Å². The molecule has 1 aromatic rings. The highest BCUT2D eigenvalue weighted by Gasteiger charge is 2.32. The number of hydrogen-bond donors (Lipinski definition) is 0. The van der Waals surface area contributed by atoms with Crippen molar-refractivity contribution in [1.29, 1.82) is 0 Å². The SMILES string of the molecule is CCCCCCCCC#Cc1ccc(C2CCC([N+](C)(C)CCC)CC2)cc1.[I-]. The molecule has 2 heteroatoms. The van der Waals surface area contributed by atoms with Crippen LogP contribution in [0.3, 0.4) is 0 Å². The predicted octanol–water partition coefficient (Wildman–Crippen LogP) is 4.31. The van der Waals surface area contributed by atoms with Crippen molar-refractivity contribution in [3.63, 3.8) is 0 Å². The summed E-state index contributed by atoms with van der Waals surface area (Å²) in [6.07, 6.45) is 15.8. The highest BCUT2D eigenvalue weighted by molar-refractivity contribution is 5.37. The molecule has 1 fully saturated rings. The molecular formula is C27H44IN. The first kappa shape index (κ1) is 26.5. The monoisotopic (exact) mass is 509 g/mol. The predicted molar refractivity (Wildman–Crippen MR) is 124 cm³/mol. The molecule has 1 aromatic carbocycles. The molecule has 1 aliphatic rings. The number of unbranched alkanes of at least 4 members (excludes halogenated alkanes) is 6. The normalized spacial score (nSPS) is 19.2. The Bertz CT molecular complexity index is 600. The summed E-state index contributed by atoms with van der Waals surface area (Å²) < 4.78 is 1.20. The van der Waals surface area contributed by atoms with Crippen molar-refractivity contribution in [2.24, 2.45) is 0 Å². The summed E-state index contributed by atoms with van der Waals surface area (Å²) in [5.41, 5.74) is 2.71. The maximum atomic E-state index is 3.37. The number of rotatable bonds is 10. The third-order valence-corrected chi connectivity index (χ3v) is 6.76. The van der Waals surface area contributed by atoms with Crippen LogP contribution in [0.15, 0.2) is 24.3 Å². The van der Waals surface area contributed by atoms with Gasteiger partial charge in [-0.25, -0.2) is 0 Å². The second kappa shape index (κ2) is 14.5. The Labute approximate surface area is 198 Å². The Morgan fingerprint density at radius 3 is 2.07 bits per heavy atom. The topological polar surface area (TPSA) is 0 Å². The summed E-state index contributed by atoms with van der Waals surface area (Å²) in [5.74, 6) is 7.49. The Morgan fingerprint density at radius 2 is 1.45 bits per heavy atom. The van der Waals surface area contributed by atoms with E-state index in [0.29, 0.717) is 0 Å². The quantitative estimate of drug-likeness (QED) is 0.191. The molecule has 2 rings (SSSR count). The summed E-state index contributed by atoms with van der Waals surface area (Å²) in [4.78, 5) is 0. The van der Waals surface area contributed by atoms with Gasteiger partial charge in [-0.05, 0) is 49.3 Å². The van der Waals surface area contributed by atoms with Gasteiger partial charge in [0.05, 0.1) is 26.7 Å². The van der Waals surface area contributed by atoms with Gasteiger partial charge in [0.15, 0.2) is 0 Å². The van der Waals surface area contributed by atoms with Crippen molar-refractivity contribution < 1.29 is 28.5 Å². The van der Waals surface area contributed by atoms with Crippen LogP contribution in [-0.2, 0) is 0 Å². The molecule has 0 N–H and O–H groups in total. The van der Waals surface area contributed by atoms with Crippen molar-refractivity contribution in [2.75, 3.05) is 20.6 Å². The van der Waals surface area contributed by atoms with Crippen LogP contribution in [-0.4, -0.2) is 31.2 Å². The van der Waals surface area contributed by atoms with Crippen molar-refractivity contribution in [3.05, 3.63) is 35.4 Å². The molecule has 0 spiro atoms. The Hall–Kier alpha value is -0.530. The average Bonchev–Trinajstić information content (AvgIpc) is 2.70. The van der Waals surface area contributed by atoms with E-state index in [1.807, 2.05) is 0 Å². The summed E-state index contributed by atoms with van der Waals surface area (Å²) in [7, 11) is 4.85. The molecule has 164 valence electrons. The fourth-order valence-electron chi connectivity index (χ4n) is 4.86. The maximum Gasteiger partial charge on any atom is 0.0886 e. The van der Waals surface area contributed by atoms with E-state index in [-0.39, 0.29) is 24.0 Å². The van der Waals surface area contributed by atoms with Crippen molar-refractivity contribution in [3.8, 4) is 11.8 Å². The lowest BCUT2D eigenvalue weighted by Crippen LogP contribution is -3.00. The lowest BCUT2D eigenvalue weighted by atomic mass is 9.80. The molecule has 0 unspecified atom stereocenters. The Balaban J connectivity index is 0.00000420. The Morgan fingerprint density at radius 1 is 0.828 bits per heavy atom. The van der Waals surface area contributed by atoms with Crippen LogP contribution in [0.1, 0.15) is 108 Å². The fraction of sp³-hybridized carbons (Fsp3) is 0.704. The number of benzene rings is 1. The van der Waals surface area contributed by atoms with Gasteiger partial charge in [-0.2, -0.15) is 0 Å². The van der Waals surface area contributed by atoms with Crippen molar-refractivity contribution in [2.45, 2.75) is 103 Å². The van der Waals surface area contributed by atoms with Crippen molar-refractivity contribution in [1.82, 2.24) is 0 Å². The van der Waals surface area contributed by atoms with Gasteiger partial charge in [0, 0.05) is 24.8 Å². The molecule has 1 nitrogen and oxygen atoms in total. The zero-order valence-corrected chi connectivity index (χ0v) is 21.6. The molecule has 0 heterocycles. The largest absolute Gasteiger partial charge is 1.00 e. The number of nitrogens with zero attached hydrogens (tertiary/aromatic N) is 1. The van der Waals surface area contributed by atoms with Crippen LogP contribution in [0.5, 0.6) is 0 Å². The van der Waals surface area contributed by atoms with Gasteiger partial charge >= 0.3 is 0 Å². The second-order valence-corrected chi connectivity index (χ2v) is 9.45. The molecule has 29 heavy (non-hydrogen) atoms. The van der Waals surface area contributed by atoms with Crippen LogP contribution in [0.2, 0.25) is 0 Å². The summed E-state index contributed by atoms with van der Waals surface area (Å²) >= 11 is 0. The minimum atomic E-state index is 0. The fourth-order valence-corrected chi connectivity index (χ4v) is 4.86. The Kier molecular flexibility index (Phi) is 13.2. The molecular weight excluding hydrogens is 465 g/mol. The lowest BCUT2D eigenvalue weighted by molar-refractivity contribution is -0.916. The molecule has 0 saturated heterocycles. The van der Waals surface area contributed by atoms with Gasteiger partial charge in [-0.3, -0.25) is 0 Å². The zero-order chi connectivity index (χ0) is 20.2. The van der Waals surface area contributed by atoms with Gasteiger partial charge < -0.3 is 28.5 Å². The first-order valence-corrected chi connectivity index (χ1v) is 12.0. The molecule has 0 amide bonds. The first-order valence-electron chi connectivity index (χ1n) is 12.0. The molecule has 0 radical (unpaired) electrons. The van der Waals surface area contributed by atoms with E-state index >= 15 is 0 Å². The molecule has 1 saturated carbocycles. The molecule has 0 atom stereocenters. The zero-order valence-electron chi connectivity index (χ0n) is 19.5. The van der Waals surface area contributed by atoms with E-state index < -0.39 is 0 Å². The molecule has 1 aliphatic carbocycles. The second-order valence-electron chi connectivity index (χ2n) is 9.45. The molecule has 0 aromatic heterocycles. The van der Waals surface area contributed by atoms with Crippen LogP contribution >= 0.6 is 0 Å². The van der Waals surface area contributed by atoms with Gasteiger partial charge in [-0.1, -0.05) is 69.9 Å². The highest BCUT2D eigenvalue weighted by atomic mass is 127. The molecule has 0 aliphatic heterocycles. The van der Waals surface area contributed by atoms with Crippen LogP contribution in [0.25, 0.3) is 0 Å². The van der Waals surface area contributed by atoms with Gasteiger partial charge in [0.1, 0.15) is 0 Å². The summed E-state index contributed by atoms with van der Waals surface area (Å²) in [6, 6.07) is 10.0. The standard InChI is InChI=1S/C27H44N.HI/c1-5-7-8-9-10-11-12-13-14-24-15-17-25(18-16-24)26-19-21-27(22-20-26)28(3,4)23-6-2;/h15-18,26-27H,5-12,19-23H2,1-4H3;1H/q+1;/p-1. The van der Waals surface area contributed by atoms with E-state index in [9.17, 15) is 0 Å². The third kappa shape index (κ3) is 9.43. The van der Waals surface area contributed by atoms with E-state index in [1.54, 1.807) is 0 Å². The van der Waals surface area contributed by atoms with E-state index in [0.717, 1.165) is 18.4 Å². The lowest BCUT2D eigenvalue weighted by Gasteiger charge is -2.41. The van der Waals surface area contributed by atoms with Gasteiger partial charge in [-0.15, -0.1) is 0 Å².